The third-order valence-corrected chi connectivity index (χ3v) is 4.80. The fraction of sp³-hybridized carbons (Fsp3) is 0.200. The Kier molecular flexibility index (Phi) is 4.71. The van der Waals surface area contributed by atoms with Crippen LogP contribution in [0.3, 0.4) is 0 Å². The molecule has 0 atom stereocenters. The number of benzene rings is 1. The van der Waals surface area contributed by atoms with Crippen molar-refractivity contribution in [2.24, 2.45) is 0 Å². The average molecular weight is 393 g/mol. The van der Waals surface area contributed by atoms with E-state index >= 15 is 0 Å². The molecule has 0 aliphatic carbocycles. The zero-order chi connectivity index (χ0) is 20.5. The van der Waals surface area contributed by atoms with Crippen LogP contribution in [0, 0.1) is 19.7 Å². The first kappa shape index (κ1) is 18.6. The summed E-state index contributed by atoms with van der Waals surface area (Å²) in [5.41, 5.74) is 4.04. The Balaban J connectivity index is 1.66. The molecule has 8 nitrogen and oxygen atoms in total. The van der Waals surface area contributed by atoms with Gasteiger partial charge >= 0.3 is 0 Å². The summed E-state index contributed by atoms with van der Waals surface area (Å²) in [6.07, 6.45) is 2.10. The lowest BCUT2D eigenvalue weighted by atomic mass is 10.1. The van der Waals surface area contributed by atoms with Crippen molar-refractivity contribution in [3.8, 4) is 23.0 Å². The predicted octanol–water partition coefficient (Wildman–Crippen LogP) is 3.82. The van der Waals surface area contributed by atoms with Gasteiger partial charge in [-0.25, -0.2) is 14.4 Å². The summed E-state index contributed by atoms with van der Waals surface area (Å²) in [5, 5.41) is 25.1. The molecule has 3 heterocycles. The van der Waals surface area contributed by atoms with Crippen molar-refractivity contribution in [2.45, 2.75) is 27.2 Å². The molecule has 0 aliphatic rings. The van der Waals surface area contributed by atoms with Crippen LogP contribution >= 0.6 is 0 Å². The number of anilines is 2. The van der Waals surface area contributed by atoms with Crippen molar-refractivity contribution in [2.75, 3.05) is 5.32 Å². The molecule has 0 saturated heterocycles. The number of aromatic amines is 1. The quantitative estimate of drug-likeness (QED) is 0.476. The first-order chi connectivity index (χ1) is 14.0. The molecule has 0 bridgehead atoms. The molecule has 9 heteroatoms. The van der Waals surface area contributed by atoms with Gasteiger partial charge in [0.05, 0.1) is 11.4 Å². The second-order valence-electron chi connectivity index (χ2n) is 6.62. The van der Waals surface area contributed by atoms with Gasteiger partial charge in [-0.15, -0.1) is 0 Å². The molecule has 3 N–H and O–H groups in total. The summed E-state index contributed by atoms with van der Waals surface area (Å²) in [7, 11) is 0. The molecular weight excluding hydrogens is 373 g/mol. The molecule has 0 aliphatic heterocycles. The monoisotopic (exact) mass is 393 g/mol. The van der Waals surface area contributed by atoms with Gasteiger partial charge in [0.2, 0.25) is 5.88 Å². The minimum absolute atomic E-state index is 0.0414. The van der Waals surface area contributed by atoms with Gasteiger partial charge < -0.3 is 10.4 Å². The maximum atomic E-state index is 13.2. The first-order valence-electron chi connectivity index (χ1n) is 9.15. The zero-order valence-corrected chi connectivity index (χ0v) is 16.2. The van der Waals surface area contributed by atoms with Crippen LogP contribution in [0.1, 0.15) is 23.7 Å². The molecule has 0 unspecified atom stereocenters. The van der Waals surface area contributed by atoms with Crippen LogP contribution in [0.2, 0.25) is 0 Å². The summed E-state index contributed by atoms with van der Waals surface area (Å²) < 4.78 is 14.6. The van der Waals surface area contributed by atoms with Gasteiger partial charge in [0, 0.05) is 22.8 Å². The highest BCUT2D eigenvalue weighted by molar-refractivity contribution is 5.71. The van der Waals surface area contributed by atoms with Crippen molar-refractivity contribution in [3.05, 3.63) is 59.3 Å². The van der Waals surface area contributed by atoms with Crippen molar-refractivity contribution in [1.82, 2.24) is 29.9 Å². The van der Waals surface area contributed by atoms with Crippen LogP contribution in [0.5, 0.6) is 5.88 Å². The number of nitrogens with zero attached hydrogens (tertiary/aromatic N) is 5. The maximum absolute atomic E-state index is 13.2. The predicted molar refractivity (Wildman–Crippen MR) is 107 cm³/mol. The lowest BCUT2D eigenvalue weighted by Gasteiger charge is -2.08. The van der Waals surface area contributed by atoms with Crippen LogP contribution in [0.4, 0.5) is 16.0 Å². The average Bonchev–Trinajstić information content (AvgIpc) is 3.24. The minimum atomic E-state index is -0.287. The second-order valence-corrected chi connectivity index (χ2v) is 6.62. The largest absolute Gasteiger partial charge is 0.493 e. The van der Waals surface area contributed by atoms with E-state index in [2.05, 4.69) is 30.6 Å². The van der Waals surface area contributed by atoms with Crippen LogP contribution < -0.4 is 5.32 Å². The number of hydrogen-bond donors (Lipinski definition) is 3. The van der Waals surface area contributed by atoms with Gasteiger partial charge in [0.1, 0.15) is 18.0 Å². The highest BCUT2D eigenvalue weighted by Gasteiger charge is 2.16. The smallest absolute Gasteiger partial charge is 0.218 e. The molecular formula is C20H20FN7O. The van der Waals surface area contributed by atoms with Crippen LogP contribution in [-0.4, -0.2) is 35.1 Å². The Morgan fingerprint density at radius 3 is 2.59 bits per heavy atom. The Hall–Kier alpha value is -3.75. The Morgan fingerprint density at radius 2 is 1.93 bits per heavy atom. The van der Waals surface area contributed by atoms with E-state index in [1.54, 1.807) is 25.1 Å². The van der Waals surface area contributed by atoms with Crippen molar-refractivity contribution in [3.63, 3.8) is 0 Å². The van der Waals surface area contributed by atoms with Gasteiger partial charge in [-0.2, -0.15) is 14.9 Å². The van der Waals surface area contributed by atoms with E-state index in [-0.39, 0.29) is 11.7 Å². The van der Waals surface area contributed by atoms with E-state index in [4.69, 9.17) is 0 Å². The zero-order valence-electron chi connectivity index (χ0n) is 16.2. The van der Waals surface area contributed by atoms with Crippen molar-refractivity contribution >= 4 is 11.6 Å². The molecule has 1 aromatic carbocycles. The lowest BCUT2D eigenvalue weighted by molar-refractivity contribution is 0.428. The number of aromatic nitrogens is 6. The van der Waals surface area contributed by atoms with Crippen molar-refractivity contribution < 1.29 is 9.50 Å². The van der Waals surface area contributed by atoms with Crippen molar-refractivity contribution in [1.29, 1.82) is 0 Å². The fourth-order valence-electron chi connectivity index (χ4n) is 3.07. The Bertz CT molecular complexity index is 1160. The summed E-state index contributed by atoms with van der Waals surface area (Å²) in [4.78, 5) is 8.44. The third-order valence-electron chi connectivity index (χ3n) is 4.80. The standard InChI is InChI=1S/C20H20FN7O/c1-4-15-18(13-5-7-14(21)8-6-13)25-26-19(15)24-16-9-17(23-10-22-16)28-20(29)11(2)12(3)27-28/h5-10,29H,4H2,1-3H3,(H2,22,23,24,25,26). The summed E-state index contributed by atoms with van der Waals surface area (Å²) in [6, 6.07) is 7.93. The summed E-state index contributed by atoms with van der Waals surface area (Å²) in [6.45, 7) is 5.63. The Morgan fingerprint density at radius 1 is 1.17 bits per heavy atom. The number of aryl methyl sites for hydroxylation is 1. The van der Waals surface area contributed by atoms with Crippen LogP contribution in [0.25, 0.3) is 17.1 Å². The molecule has 0 fully saturated rings. The molecule has 3 aromatic heterocycles. The second kappa shape index (κ2) is 7.34. The van der Waals surface area contributed by atoms with E-state index in [0.717, 1.165) is 22.5 Å². The molecule has 0 saturated carbocycles. The SMILES string of the molecule is CCc1c(Nc2cc(-n3nc(C)c(C)c3O)ncn2)n[nH]c1-c1ccc(F)cc1. The van der Waals surface area contributed by atoms with Crippen LogP contribution in [0.15, 0.2) is 36.7 Å². The highest BCUT2D eigenvalue weighted by Crippen LogP contribution is 2.29. The molecule has 148 valence electrons. The van der Waals surface area contributed by atoms with Gasteiger partial charge in [-0.1, -0.05) is 6.92 Å². The van der Waals surface area contributed by atoms with E-state index < -0.39 is 0 Å². The molecule has 4 aromatic rings. The summed E-state index contributed by atoms with van der Waals surface area (Å²) >= 11 is 0. The maximum Gasteiger partial charge on any atom is 0.218 e. The normalized spacial score (nSPS) is 11.0. The van der Waals surface area contributed by atoms with E-state index in [1.807, 2.05) is 13.8 Å². The lowest BCUT2D eigenvalue weighted by Crippen LogP contribution is -2.03. The number of aromatic hydroxyl groups is 1. The number of halogens is 1. The molecule has 29 heavy (non-hydrogen) atoms. The Labute approximate surface area is 166 Å². The summed E-state index contributed by atoms with van der Waals surface area (Å²) in [5.74, 6) is 1.31. The van der Waals surface area contributed by atoms with Gasteiger partial charge in [-0.05, 0) is 44.5 Å². The number of rotatable bonds is 5. The van der Waals surface area contributed by atoms with Crippen LogP contribution in [-0.2, 0) is 6.42 Å². The third kappa shape index (κ3) is 3.42. The fourth-order valence-corrected chi connectivity index (χ4v) is 3.07. The van der Waals surface area contributed by atoms with E-state index in [0.29, 0.717) is 29.4 Å². The molecule has 0 spiro atoms. The van der Waals surface area contributed by atoms with E-state index in [9.17, 15) is 9.50 Å². The van der Waals surface area contributed by atoms with Gasteiger partial charge in [-0.3, -0.25) is 5.10 Å². The van der Waals surface area contributed by atoms with Gasteiger partial charge in [0.15, 0.2) is 11.6 Å². The van der Waals surface area contributed by atoms with E-state index in [1.165, 1.54) is 23.1 Å². The molecule has 0 radical (unpaired) electrons. The molecule has 4 rings (SSSR count). The number of hydrogen-bond acceptors (Lipinski definition) is 6. The topological polar surface area (TPSA) is 105 Å². The number of nitrogens with one attached hydrogen (secondary N) is 2. The highest BCUT2D eigenvalue weighted by atomic mass is 19.1. The number of H-pyrrole nitrogens is 1. The molecule has 0 amide bonds. The first-order valence-corrected chi connectivity index (χ1v) is 9.15. The van der Waals surface area contributed by atoms with Gasteiger partial charge in [0.25, 0.3) is 0 Å². The minimum Gasteiger partial charge on any atom is -0.493 e.